The van der Waals surface area contributed by atoms with E-state index in [1.165, 1.54) is 5.56 Å². The lowest BCUT2D eigenvalue weighted by Crippen LogP contribution is -2.59. The molecule has 1 aliphatic heterocycles. The highest BCUT2D eigenvalue weighted by Gasteiger charge is 2.33. The highest BCUT2D eigenvalue weighted by molar-refractivity contribution is 5.77. The fraction of sp³-hybridized carbons (Fsp3) is 0.562. The third kappa shape index (κ3) is 5.02. The van der Waals surface area contributed by atoms with Crippen LogP contribution in [0.2, 0.25) is 0 Å². The molecule has 0 spiro atoms. The van der Waals surface area contributed by atoms with Crippen molar-refractivity contribution in [2.24, 2.45) is 0 Å². The molecule has 2 N–H and O–H groups in total. The van der Waals surface area contributed by atoms with E-state index in [0.717, 1.165) is 18.8 Å². The van der Waals surface area contributed by atoms with Gasteiger partial charge in [-0.2, -0.15) is 0 Å². The number of ether oxygens (including phenoxy) is 2. The van der Waals surface area contributed by atoms with Crippen LogP contribution in [0.5, 0.6) is 5.75 Å². The van der Waals surface area contributed by atoms with Crippen molar-refractivity contribution in [1.29, 1.82) is 0 Å². The molecule has 0 radical (unpaired) electrons. The van der Waals surface area contributed by atoms with E-state index < -0.39 is 0 Å². The molecule has 0 aromatic heterocycles. The van der Waals surface area contributed by atoms with E-state index in [2.05, 4.69) is 10.6 Å². The van der Waals surface area contributed by atoms with Gasteiger partial charge < -0.3 is 20.1 Å². The van der Waals surface area contributed by atoms with Gasteiger partial charge in [0, 0.05) is 13.1 Å². The molecular weight excluding hydrogens is 268 g/mol. The standard InChI is InChI=1S/C16H24N2O3/c1-12-4-6-14(7-5-12)20-8-13(2)18-15(19)9-21-16(3)10-17-11-16/h4-7,13,17H,8-11H2,1-3H3,(H,18,19). The number of benzene rings is 1. The van der Waals surface area contributed by atoms with E-state index in [1.807, 2.05) is 45.0 Å². The fourth-order valence-corrected chi connectivity index (χ4v) is 2.03. The minimum absolute atomic E-state index is 0.0604. The maximum Gasteiger partial charge on any atom is 0.246 e. The molecule has 0 aliphatic carbocycles. The Morgan fingerprint density at radius 2 is 2.05 bits per heavy atom. The molecule has 5 heteroatoms. The molecule has 1 aliphatic rings. The van der Waals surface area contributed by atoms with Crippen LogP contribution in [-0.2, 0) is 9.53 Å². The average Bonchev–Trinajstić information content (AvgIpc) is 2.42. The highest BCUT2D eigenvalue weighted by atomic mass is 16.5. The normalized spacial score (nSPS) is 17.7. The van der Waals surface area contributed by atoms with Gasteiger partial charge in [0.1, 0.15) is 19.0 Å². The van der Waals surface area contributed by atoms with Crippen molar-refractivity contribution >= 4 is 5.91 Å². The maximum atomic E-state index is 11.8. The van der Waals surface area contributed by atoms with Gasteiger partial charge in [-0.1, -0.05) is 17.7 Å². The van der Waals surface area contributed by atoms with Gasteiger partial charge in [-0.3, -0.25) is 4.79 Å². The second-order valence-electron chi connectivity index (χ2n) is 5.93. The van der Waals surface area contributed by atoms with Crippen LogP contribution >= 0.6 is 0 Å². The lowest BCUT2D eigenvalue weighted by Gasteiger charge is -2.38. The zero-order valence-electron chi connectivity index (χ0n) is 12.9. The summed E-state index contributed by atoms with van der Waals surface area (Å²) in [7, 11) is 0. The van der Waals surface area contributed by atoms with Crippen molar-refractivity contribution < 1.29 is 14.3 Å². The fourth-order valence-electron chi connectivity index (χ4n) is 2.03. The Labute approximate surface area is 126 Å². The number of amides is 1. The molecule has 21 heavy (non-hydrogen) atoms. The Bertz CT molecular complexity index is 469. The predicted molar refractivity (Wildman–Crippen MR) is 81.5 cm³/mol. The van der Waals surface area contributed by atoms with Gasteiger partial charge >= 0.3 is 0 Å². The van der Waals surface area contributed by atoms with E-state index in [9.17, 15) is 4.79 Å². The SMILES string of the molecule is Cc1ccc(OCC(C)NC(=O)COC2(C)CNC2)cc1. The van der Waals surface area contributed by atoms with Crippen LogP contribution < -0.4 is 15.4 Å². The maximum absolute atomic E-state index is 11.8. The molecule has 1 heterocycles. The summed E-state index contributed by atoms with van der Waals surface area (Å²) in [5.41, 5.74) is 0.999. The summed E-state index contributed by atoms with van der Waals surface area (Å²) in [6, 6.07) is 7.80. The van der Waals surface area contributed by atoms with Crippen LogP contribution in [0, 0.1) is 6.92 Å². The second-order valence-corrected chi connectivity index (χ2v) is 5.93. The molecule has 5 nitrogen and oxygen atoms in total. The Balaban J connectivity index is 1.65. The lowest BCUT2D eigenvalue weighted by atomic mass is 10.0. The van der Waals surface area contributed by atoms with Gasteiger partial charge in [-0.15, -0.1) is 0 Å². The molecule has 1 amide bonds. The molecular formula is C16H24N2O3. The quantitative estimate of drug-likeness (QED) is 0.794. The molecule has 1 fully saturated rings. The zero-order valence-corrected chi connectivity index (χ0v) is 12.9. The summed E-state index contributed by atoms with van der Waals surface area (Å²) in [6.07, 6.45) is 0. The van der Waals surface area contributed by atoms with E-state index in [0.29, 0.717) is 6.61 Å². The molecule has 1 aromatic rings. The minimum Gasteiger partial charge on any atom is -0.491 e. The smallest absolute Gasteiger partial charge is 0.246 e. The summed E-state index contributed by atoms with van der Waals surface area (Å²) < 4.78 is 11.2. The number of hydrogen-bond donors (Lipinski definition) is 2. The van der Waals surface area contributed by atoms with E-state index in [4.69, 9.17) is 9.47 Å². The molecule has 1 saturated heterocycles. The number of carbonyl (C=O) groups excluding carboxylic acids is 1. The van der Waals surface area contributed by atoms with E-state index >= 15 is 0 Å². The van der Waals surface area contributed by atoms with Crippen molar-refractivity contribution in [2.45, 2.75) is 32.4 Å². The van der Waals surface area contributed by atoms with Crippen molar-refractivity contribution in [3.63, 3.8) is 0 Å². The Kier molecular flexibility index (Phi) is 5.20. The number of rotatable bonds is 7. The first-order valence-electron chi connectivity index (χ1n) is 7.30. The van der Waals surface area contributed by atoms with Crippen molar-refractivity contribution in [3.8, 4) is 5.75 Å². The summed E-state index contributed by atoms with van der Waals surface area (Å²) in [6.45, 7) is 8.07. The number of aryl methyl sites for hydroxylation is 1. The minimum atomic E-state index is -0.195. The third-order valence-corrected chi connectivity index (χ3v) is 3.48. The van der Waals surface area contributed by atoms with Gasteiger partial charge in [0.2, 0.25) is 5.91 Å². The summed E-state index contributed by atoms with van der Waals surface area (Å²) in [5, 5.41) is 6.00. The van der Waals surface area contributed by atoms with Gasteiger partial charge in [0.15, 0.2) is 0 Å². The van der Waals surface area contributed by atoms with E-state index in [1.54, 1.807) is 0 Å². The van der Waals surface area contributed by atoms with Crippen LogP contribution in [-0.4, -0.2) is 43.9 Å². The molecule has 1 unspecified atom stereocenters. The van der Waals surface area contributed by atoms with Crippen LogP contribution in [0.1, 0.15) is 19.4 Å². The number of hydrogen-bond acceptors (Lipinski definition) is 4. The van der Waals surface area contributed by atoms with Crippen LogP contribution in [0.3, 0.4) is 0 Å². The van der Waals surface area contributed by atoms with Gasteiger partial charge in [-0.05, 0) is 32.9 Å². The zero-order chi connectivity index (χ0) is 15.3. The molecule has 2 rings (SSSR count). The topological polar surface area (TPSA) is 59.6 Å². The van der Waals surface area contributed by atoms with Crippen LogP contribution in [0.15, 0.2) is 24.3 Å². The summed E-state index contributed by atoms with van der Waals surface area (Å²) in [5.74, 6) is 0.703. The monoisotopic (exact) mass is 292 g/mol. The van der Waals surface area contributed by atoms with Crippen molar-refractivity contribution in [2.75, 3.05) is 26.3 Å². The summed E-state index contributed by atoms with van der Waals surface area (Å²) in [4.78, 5) is 11.8. The second kappa shape index (κ2) is 6.91. The Hall–Kier alpha value is -1.59. The van der Waals surface area contributed by atoms with Crippen LogP contribution in [0.4, 0.5) is 0 Å². The highest BCUT2D eigenvalue weighted by Crippen LogP contribution is 2.14. The van der Waals surface area contributed by atoms with E-state index in [-0.39, 0.29) is 24.2 Å². The van der Waals surface area contributed by atoms with Gasteiger partial charge in [-0.25, -0.2) is 0 Å². The lowest BCUT2D eigenvalue weighted by molar-refractivity contribution is -0.136. The molecule has 0 saturated carbocycles. The first-order valence-corrected chi connectivity index (χ1v) is 7.30. The van der Waals surface area contributed by atoms with Crippen molar-refractivity contribution in [3.05, 3.63) is 29.8 Å². The third-order valence-electron chi connectivity index (χ3n) is 3.48. The first-order chi connectivity index (χ1) is 9.97. The average molecular weight is 292 g/mol. The van der Waals surface area contributed by atoms with Gasteiger partial charge in [0.25, 0.3) is 0 Å². The van der Waals surface area contributed by atoms with Crippen molar-refractivity contribution in [1.82, 2.24) is 10.6 Å². The molecule has 1 aromatic carbocycles. The number of carbonyl (C=O) groups is 1. The Morgan fingerprint density at radius 1 is 1.38 bits per heavy atom. The molecule has 1 atom stereocenters. The van der Waals surface area contributed by atoms with Gasteiger partial charge in [0.05, 0.1) is 11.6 Å². The molecule has 116 valence electrons. The van der Waals surface area contributed by atoms with Crippen LogP contribution in [0.25, 0.3) is 0 Å². The molecule has 0 bridgehead atoms. The first kappa shape index (κ1) is 15.8. The number of nitrogens with one attached hydrogen (secondary N) is 2. The largest absolute Gasteiger partial charge is 0.491 e. The predicted octanol–water partition coefficient (Wildman–Crippen LogP) is 1.26. The Morgan fingerprint density at radius 3 is 2.62 bits per heavy atom. The summed E-state index contributed by atoms with van der Waals surface area (Å²) >= 11 is 0.